The molecule has 0 spiro atoms. The van der Waals surface area contributed by atoms with Gasteiger partial charge in [0.05, 0.1) is 5.69 Å². The number of ether oxygens (including phenoxy) is 1. The Bertz CT molecular complexity index is 2390. The Hall–Kier alpha value is -4.47. The molecule has 4 aromatic carbocycles. The van der Waals surface area contributed by atoms with Gasteiger partial charge in [-0.25, -0.2) is 4.98 Å². The predicted molar refractivity (Wildman–Crippen MR) is 215 cm³/mol. The third-order valence-corrected chi connectivity index (χ3v) is 9.86. The minimum atomic E-state index is 0. The summed E-state index contributed by atoms with van der Waals surface area (Å²) in [7, 11) is 0. The molecule has 6 heteroatoms. The second-order valence-corrected chi connectivity index (χ2v) is 16.7. The smallest absolute Gasteiger partial charge is 0.509 e. The Morgan fingerprint density at radius 3 is 2.11 bits per heavy atom. The van der Waals surface area contributed by atoms with E-state index >= 15 is 0 Å². The SMILES string of the molecule is Cc1ccnc(-n2c3[c-]c(Oc4[c-]c(-n5nc(C)c(-c6ccccc6)c5C)cc(CCC(C)(C)C)c4)ccc3c3cc(CCC(C)(C)C)ccc32)c1.[Pt+2]. The Morgan fingerprint density at radius 2 is 1.42 bits per heavy atom. The van der Waals surface area contributed by atoms with Crippen LogP contribution in [0.4, 0.5) is 0 Å². The van der Waals surface area contributed by atoms with E-state index in [4.69, 9.17) is 14.8 Å². The summed E-state index contributed by atoms with van der Waals surface area (Å²) in [6, 6.07) is 37.3. The van der Waals surface area contributed by atoms with E-state index in [0.717, 1.165) is 81.7 Å². The molecule has 7 rings (SSSR count). The van der Waals surface area contributed by atoms with Crippen LogP contribution in [0.1, 0.15) is 82.5 Å². The van der Waals surface area contributed by atoms with E-state index in [1.807, 2.05) is 29.1 Å². The van der Waals surface area contributed by atoms with Crippen molar-refractivity contribution in [3.8, 4) is 34.1 Å². The maximum Gasteiger partial charge on any atom is 2.00 e. The summed E-state index contributed by atoms with van der Waals surface area (Å²) >= 11 is 0. The summed E-state index contributed by atoms with van der Waals surface area (Å²) in [5, 5.41) is 7.34. The number of rotatable bonds is 9. The van der Waals surface area contributed by atoms with Crippen molar-refractivity contribution in [2.24, 2.45) is 10.8 Å². The maximum atomic E-state index is 6.71. The van der Waals surface area contributed by atoms with Crippen molar-refractivity contribution in [1.29, 1.82) is 0 Å². The molecule has 3 aromatic heterocycles. The van der Waals surface area contributed by atoms with Crippen LogP contribution in [0.25, 0.3) is 44.4 Å². The second kappa shape index (κ2) is 15.1. The van der Waals surface area contributed by atoms with Crippen LogP contribution in [0.5, 0.6) is 11.5 Å². The van der Waals surface area contributed by atoms with Crippen LogP contribution in [0.15, 0.2) is 91.1 Å². The zero-order valence-electron chi connectivity index (χ0n) is 32.5. The number of hydrogen-bond acceptors (Lipinski definition) is 3. The molecule has 53 heavy (non-hydrogen) atoms. The summed E-state index contributed by atoms with van der Waals surface area (Å²) in [5.74, 6) is 2.14. The van der Waals surface area contributed by atoms with Crippen LogP contribution in [-0.4, -0.2) is 19.3 Å². The van der Waals surface area contributed by atoms with E-state index < -0.39 is 0 Å². The van der Waals surface area contributed by atoms with Gasteiger partial charge >= 0.3 is 21.1 Å². The van der Waals surface area contributed by atoms with Gasteiger partial charge < -0.3 is 9.30 Å². The normalized spacial score (nSPS) is 12.0. The standard InChI is InChI=1S/C47H50N4O.Pt/c1-31-21-24-48-44(25-31)50-42-18-15-34(19-22-46(4,5)6)28-41(42)40-17-16-38(30-43(40)50)52-39-27-35(20-23-47(7,8)9)26-37(29-39)51-33(3)45(32(2)49-51)36-13-11-10-12-14-36;/h10-18,21,24-28H,19-20,22-23H2,1-9H3;/q-2;+2. The monoisotopic (exact) mass is 881 g/mol. The summed E-state index contributed by atoms with van der Waals surface area (Å²) in [5.41, 5.74) is 11.4. The van der Waals surface area contributed by atoms with Gasteiger partial charge in [0, 0.05) is 34.5 Å². The van der Waals surface area contributed by atoms with Gasteiger partial charge in [0.15, 0.2) is 0 Å². The summed E-state index contributed by atoms with van der Waals surface area (Å²) in [6.45, 7) is 20.1. The van der Waals surface area contributed by atoms with Gasteiger partial charge in [-0.2, -0.15) is 16.7 Å². The fourth-order valence-electron chi connectivity index (χ4n) is 7.02. The van der Waals surface area contributed by atoms with Crippen molar-refractivity contribution < 1.29 is 25.8 Å². The van der Waals surface area contributed by atoms with Crippen LogP contribution in [0, 0.1) is 43.7 Å². The van der Waals surface area contributed by atoms with Crippen molar-refractivity contribution in [1.82, 2.24) is 19.3 Å². The number of hydrogen-bond donors (Lipinski definition) is 0. The second-order valence-electron chi connectivity index (χ2n) is 16.7. The van der Waals surface area contributed by atoms with Crippen LogP contribution in [-0.2, 0) is 33.9 Å². The van der Waals surface area contributed by atoms with Gasteiger partial charge in [0.25, 0.3) is 0 Å². The molecule has 0 radical (unpaired) electrons. The van der Waals surface area contributed by atoms with E-state index in [-0.39, 0.29) is 31.9 Å². The van der Waals surface area contributed by atoms with Crippen molar-refractivity contribution in [3.05, 3.63) is 131 Å². The van der Waals surface area contributed by atoms with Gasteiger partial charge in [-0.1, -0.05) is 89.5 Å². The van der Waals surface area contributed by atoms with Gasteiger partial charge in [-0.05, 0) is 103 Å². The molecule has 0 aliphatic heterocycles. The number of nitrogens with zero attached hydrogens (tertiary/aromatic N) is 4. The molecule has 5 nitrogen and oxygen atoms in total. The molecular formula is C47H50N4OPt. The van der Waals surface area contributed by atoms with Crippen molar-refractivity contribution in [3.63, 3.8) is 0 Å². The fraction of sp³-hybridized carbons (Fsp3) is 0.319. The zero-order valence-corrected chi connectivity index (χ0v) is 34.8. The molecule has 7 aromatic rings. The predicted octanol–water partition coefficient (Wildman–Crippen LogP) is 12.3. The first-order valence-electron chi connectivity index (χ1n) is 18.5. The number of aromatic nitrogens is 4. The molecule has 0 unspecified atom stereocenters. The summed E-state index contributed by atoms with van der Waals surface area (Å²) in [4.78, 5) is 4.81. The molecule has 0 fully saturated rings. The first-order chi connectivity index (χ1) is 24.7. The average Bonchev–Trinajstić information content (AvgIpc) is 3.58. The molecule has 0 aliphatic rings. The van der Waals surface area contributed by atoms with E-state index in [0.29, 0.717) is 11.5 Å². The number of fused-ring (bicyclic) bond motifs is 3. The zero-order chi connectivity index (χ0) is 36.8. The van der Waals surface area contributed by atoms with Gasteiger partial charge in [-0.3, -0.25) is 4.68 Å². The third-order valence-electron chi connectivity index (χ3n) is 9.86. The van der Waals surface area contributed by atoms with Crippen molar-refractivity contribution >= 4 is 21.8 Å². The first-order valence-corrected chi connectivity index (χ1v) is 18.5. The molecular weight excluding hydrogens is 832 g/mol. The number of benzene rings is 4. The maximum absolute atomic E-state index is 6.71. The minimum Gasteiger partial charge on any atom is -0.509 e. The van der Waals surface area contributed by atoms with Crippen LogP contribution in [0.3, 0.4) is 0 Å². The molecule has 0 atom stereocenters. The van der Waals surface area contributed by atoms with Gasteiger partial charge in [-0.15, -0.1) is 35.7 Å². The van der Waals surface area contributed by atoms with Crippen molar-refractivity contribution in [2.75, 3.05) is 0 Å². The van der Waals surface area contributed by atoms with Gasteiger partial charge in [0.1, 0.15) is 5.82 Å². The molecule has 0 bridgehead atoms. The van der Waals surface area contributed by atoms with Gasteiger partial charge in [0.2, 0.25) is 0 Å². The molecule has 0 saturated carbocycles. The topological polar surface area (TPSA) is 44.9 Å². The van der Waals surface area contributed by atoms with Crippen LogP contribution in [0.2, 0.25) is 0 Å². The van der Waals surface area contributed by atoms with Crippen molar-refractivity contribution in [2.45, 2.75) is 88.0 Å². The quantitative estimate of drug-likeness (QED) is 0.136. The third kappa shape index (κ3) is 8.52. The molecule has 0 aliphatic carbocycles. The molecule has 3 heterocycles. The van der Waals surface area contributed by atoms with E-state index in [1.54, 1.807) is 0 Å². The Kier molecular flexibility index (Phi) is 10.9. The fourth-order valence-corrected chi connectivity index (χ4v) is 7.02. The van der Waals surface area contributed by atoms with Crippen LogP contribution < -0.4 is 4.74 Å². The van der Waals surface area contributed by atoms with E-state index in [1.165, 1.54) is 16.5 Å². The van der Waals surface area contributed by atoms with Crippen LogP contribution >= 0.6 is 0 Å². The van der Waals surface area contributed by atoms with E-state index in [2.05, 4.69) is 146 Å². The Morgan fingerprint density at radius 1 is 0.698 bits per heavy atom. The Labute approximate surface area is 329 Å². The number of aryl methyl sites for hydroxylation is 4. The summed E-state index contributed by atoms with van der Waals surface area (Å²) < 4.78 is 10.9. The largest absolute Gasteiger partial charge is 2.00 e. The first kappa shape index (κ1) is 38.3. The molecule has 0 N–H and O–H groups in total. The molecule has 0 amide bonds. The average molecular weight is 882 g/mol. The Balaban J connectivity index is 0.00000481. The minimum absolute atomic E-state index is 0. The van der Waals surface area contributed by atoms with E-state index in [9.17, 15) is 0 Å². The molecule has 274 valence electrons. The number of pyridine rings is 1. The summed E-state index contributed by atoms with van der Waals surface area (Å²) in [6.07, 6.45) is 5.99. The molecule has 0 saturated heterocycles.